The summed E-state index contributed by atoms with van der Waals surface area (Å²) in [5.41, 5.74) is 12.3. The molecule has 6 nitrogen and oxygen atoms in total. The summed E-state index contributed by atoms with van der Waals surface area (Å²) in [4.78, 5) is 23.1. The highest BCUT2D eigenvalue weighted by Crippen LogP contribution is 2.32. The summed E-state index contributed by atoms with van der Waals surface area (Å²) in [5.74, 6) is 0.0117. The number of aromatic nitrogens is 3. The lowest BCUT2D eigenvalue weighted by atomic mass is 10.1. The zero-order chi connectivity index (χ0) is 24.5. The van der Waals surface area contributed by atoms with Gasteiger partial charge >= 0.3 is 0 Å². The molecule has 5 aromatic rings. The van der Waals surface area contributed by atoms with E-state index in [9.17, 15) is 4.79 Å². The van der Waals surface area contributed by atoms with Gasteiger partial charge in [0.05, 0.1) is 16.7 Å². The number of para-hydroxylation sites is 2. The number of hydrogen-bond acceptors (Lipinski definition) is 4. The molecule has 1 atom stereocenters. The van der Waals surface area contributed by atoms with Crippen LogP contribution in [0.3, 0.4) is 0 Å². The SMILES string of the molecule is Cc1ccc(-n2c(N)c(C(=O)N[C@@H](C)CCc3ccccc3)c3nc4ccccc4nc32)cc1Cl. The van der Waals surface area contributed by atoms with Crippen molar-refractivity contribution in [3.8, 4) is 5.69 Å². The molecule has 0 unspecified atom stereocenters. The van der Waals surface area contributed by atoms with Gasteiger partial charge in [0.1, 0.15) is 16.9 Å². The molecule has 0 radical (unpaired) electrons. The molecule has 0 saturated heterocycles. The molecule has 0 aliphatic rings. The van der Waals surface area contributed by atoms with Crippen molar-refractivity contribution in [3.63, 3.8) is 0 Å². The molecule has 0 fully saturated rings. The van der Waals surface area contributed by atoms with Crippen molar-refractivity contribution < 1.29 is 4.79 Å². The van der Waals surface area contributed by atoms with Crippen molar-refractivity contribution in [1.82, 2.24) is 19.9 Å². The lowest BCUT2D eigenvalue weighted by Crippen LogP contribution is -2.33. The van der Waals surface area contributed by atoms with Crippen molar-refractivity contribution in [2.75, 3.05) is 5.73 Å². The molecule has 0 bridgehead atoms. The van der Waals surface area contributed by atoms with E-state index in [0.717, 1.165) is 29.6 Å². The minimum absolute atomic E-state index is 0.0530. The van der Waals surface area contributed by atoms with Gasteiger partial charge in [0.25, 0.3) is 5.91 Å². The van der Waals surface area contributed by atoms with E-state index in [-0.39, 0.29) is 17.8 Å². The molecule has 2 aromatic heterocycles. The Morgan fingerprint density at radius 1 is 1.03 bits per heavy atom. The van der Waals surface area contributed by atoms with E-state index in [1.165, 1.54) is 5.56 Å². The number of nitrogen functional groups attached to an aromatic ring is 1. The number of aryl methyl sites for hydroxylation is 2. The number of nitrogens with one attached hydrogen (secondary N) is 1. The van der Waals surface area contributed by atoms with E-state index < -0.39 is 0 Å². The Hall–Kier alpha value is -3.90. The second-order valence-corrected chi connectivity index (χ2v) is 9.22. The first-order valence-electron chi connectivity index (χ1n) is 11.6. The maximum atomic E-state index is 13.5. The predicted molar refractivity (Wildman–Crippen MR) is 142 cm³/mol. The number of carbonyl (C=O) groups excluding carboxylic acids is 1. The van der Waals surface area contributed by atoms with Gasteiger partial charge < -0.3 is 11.1 Å². The fraction of sp³-hybridized carbons (Fsp3) is 0.179. The lowest BCUT2D eigenvalue weighted by Gasteiger charge is -2.14. The largest absolute Gasteiger partial charge is 0.384 e. The molecule has 0 saturated carbocycles. The molecular weight excluding hydrogens is 458 g/mol. The monoisotopic (exact) mass is 483 g/mol. The summed E-state index contributed by atoms with van der Waals surface area (Å²) in [6.07, 6.45) is 1.67. The van der Waals surface area contributed by atoms with Crippen LogP contribution in [0.1, 0.15) is 34.8 Å². The number of nitrogens with zero attached hydrogens (tertiary/aromatic N) is 3. The molecule has 3 N–H and O–H groups in total. The number of fused-ring (bicyclic) bond motifs is 2. The van der Waals surface area contributed by atoms with Crippen LogP contribution < -0.4 is 11.1 Å². The third kappa shape index (κ3) is 4.45. The average Bonchev–Trinajstić information content (AvgIpc) is 3.14. The van der Waals surface area contributed by atoms with Crippen LogP contribution in [0.2, 0.25) is 5.02 Å². The Morgan fingerprint density at radius 3 is 2.43 bits per heavy atom. The molecule has 35 heavy (non-hydrogen) atoms. The Balaban J connectivity index is 1.56. The van der Waals surface area contributed by atoms with Gasteiger partial charge in [-0.05, 0) is 62.1 Å². The van der Waals surface area contributed by atoms with Crippen molar-refractivity contribution in [2.45, 2.75) is 32.7 Å². The van der Waals surface area contributed by atoms with Crippen LogP contribution in [0.25, 0.3) is 27.9 Å². The van der Waals surface area contributed by atoms with Gasteiger partial charge in [-0.25, -0.2) is 9.97 Å². The summed E-state index contributed by atoms with van der Waals surface area (Å²) in [6, 6.07) is 23.4. The molecular formula is C28H26ClN5O. The zero-order valence-electron chi connectivity index (χ0n) is 19.6. The number of amides is 1. The topological polar surface area (TPSA) is 85.8 Å². The highest BCUT2D eigenvalue weighted by molar-refractivity contribution is 6.31. The first kappa shape index (κ1) is 22.9. The number of rotatable bonds is 6. The van der Waals surface area contributed by atoms with Gasteiger partial charge in [0, 0.05) is 11.1 Å². The zero-order valence-corrected chi connectivity index (χ0v) is 20.4. The maximum absolute atomic E-state index is 13.5. The van der Waals surface area contributed by atoms with E-state index in [0.29, 0.717) is 27.3 Å². The predicted octanol–water partition coefficient (Wildman–Crippen LogP) is 5.87. The Bertz CT molecular complexity index is 1540. The second kappa shape index (κ2) is 9.39. The van der Waals surface area contributed by atoms with Gasteiger partial charge in [0.15, 0.2) is 5.65 Å². The van der Waals surface area contributed by atoms with Gasteiger partial charge in [-0.1, -0.05) is 60.1 Å². The van der Waals surface area contributed by atoms with Crippen molar-refractivity contribution in [3.05, 3.63) is 94.5 Å². The van der Waals surface area contributed by atoms with Crippen molar-refractivity contribution in [1.29, 1.82) is 0 Å². The first-order chi connectivity index (χ1) is 16.9. The Labute approximate surface area is 208 Å². The molecule has 0 aliphatic carbocycles. The van der Waals surface area contributed by atoms with Crippen LogP contribution in [0.4, 0.5) is 5.82 Å². The molecule has 5 rings (SSSR count). The number of nitrogens with two attached hydrogens (primary N) is 1. The van der Waals surface area contributed by atoms with Crippen LogP contribution in [0, 0.1) is 6.92 Å². The molecule has 176 valence electrons. The molecule has 3 aromatic carbocycles. The van der Waals surface area contributed by atoms with E-state index in [1.54, 1.807) is 4.57 Å². The summed E-state index contributed by atoms with van der Waals surface area (Å²) >= 11 is 6.42. The highest BCUT2D eigenvalue weighted by atomic mass is 35.5. The standard InChI is InChI=1S/C28H26ClN5O/c1-17-12-15-20(16-21(17)29)34-26(30)24(25-27(34)33-23-11-7-6-10-22(23)32-25)28(35)31-18(2)13-14-19-8-4-3-5-9-19/h3-12,15-16,18H,13-14,30H2,1-2H3,(H,31,35)/t18-/m0/s1. The van der Waals surface area contributed by atoms with Crippen LogP contribution in [0.5, 0.6) is 0 Å². The third-order valence-corrected chi connectivity index (χ3v) is 6.63. The second-order valence-electron chi connectivity index (χ2n) is 8.81. The lowest BCUT2D eigenvalue weighted by molar-refractivity contribution is 0.0941. The van der Waals surface area contributed by atoms with E-state index in [2.05, 4.69) is 17.4 Å². The van der Waals surface area contributed by atoms with E-state index >= 15 is 0 Å². The van der Waals surface area contributed by atoms with Crippen LogP contribution in [-0.2, 0) is 6.42 Å². The summed E-state index contributed by atoms with van der Waals surface area (Å²) in [7, 11) is 0. The molecule has 1 amide bonds. The molecule has 0 aliphatic heterocycles. The minimum Gasteiger partial charge on any atom is -0.384 e. The Kier molecular flexibility index (Phi) is 6.14. The minimum atomic E-state index is -0.269. The number of carbonyl (C=O) groups is 1. The van der Waals surface area contributed by atoms with Crippen LogP contribution >= 0.6 is 11.6 Å². The smallest absolute Gasteiger partial charge is 0.257 e. The quantitative estimate of drug-likeness (QED) is 0.316. The fourth-order valence-electron chi connectivity index (χ4n) is 4.26. The van der Waals surface area contributed by atoms with Crippen molar-refractivity contribution in [2.24, 2.45) is 0 Å². The van der Waals surface area contributed by atoms with Crippen LogP contribution in [-0.4, -0.2) is 26.5 Å². The number of benzene rings is 3. The molecule has 2 heterocycles. The third-order valence-electron chi connectivity index (χ3n) is 6.22. The Morgan fingerprint density at radius 2 is 1.71 bits per heavy atom. The van der Waals surface area contributed by atoms with Gasteiger partial charge in [-0.15, -0.1) is 0 Å². The van der Waals surface area contributed by atoms with Gasteiger partial charge in [0.2, 0.25) is 0 Å². The number of halogens is 1. The average molecular weight is 484 g/mol. The van der Waals surface area contributed by atoms with Gasteiger partial charge in [-0.2, -0.15) is 0 Å². The molecule has 0 spiro atoms. The maximum Gasteiger partial charge on any atom is 0.257 e. The summed E-state index contributed by atoms with van der Waals surface area (Å²) in [5, 5.41) is 3.72. The molecule has 7 heteroatoms. The summed E-state index contributed by atoms with van der Waals surface area (Å²) < 4.78 is 1.75. The number of anilines is 1. The van der Waals surface area contributed by atoms with E-state index in [4.69, 9.17) is 27.3 Å². The van der Waals surface area contributed by atoms with Crippen molar-refractivity contribution >= 4 is 45.5 Å². The van der Waals surface area contributed by atoms with E-state index in [1.807, 2.05) is 74.5 Å². The summed E-state index contributed by atoms with van der Waals surface area (Å²) in [6.45, 7) is 3.93. The fourth-order valence-corrected chi connectivity index (χ4v) is 4.44. The first-order valence-corrected chi connectivity index (χ1v) is 12.0. The number of hydrogen-bond donors (Lipinski definition) is 2. The van der Waals surface area contributed by atoms with Gasteiger partial charge in [-0.3, -0.25) is 9.36 Å². The van der Waals surface area contributed by atoms with Crippen LogP contribution in [0.15, 0.2) is 72.8 Å². The highest BCUT2D eigenvalue weighted by Gasteiger charge is 2.25. The normalized spacial score (nSPS) is 12.2.